The Balaban J connectivity index is 1.66. The zero-order valence-corrected chi connectivity index (χ0v) is 18.4. The molecule has 1 aliphatic rings. The van der Waals surface area contributed by atoms with Crippen LogP contribution >= 0.6 is 11.6 Å². The van der Waals surface area contributed by atoms with Gasteiger partial charge in [0.15, 0.2) is 0 Å². The van der Waals surface area contributed by atoms with E-state index in [9.17, 15) is 9.59 Å². The quantitative estimate of drug-likeness (QED) is 0.736. The van der Waals surface area contributed by atoms with E-state index in [0.29, 0.717) is 18.0 Å². The van der Waals surface area contributed by atoms with Gasteiger partial charge >= 0.3 is 0 Å². The summed E-state index contributed by atoms with van der Waals surface area (Å²) in [6, 6.07) is 8.40. The Bertz CT molecular complexity index is 900. The molecule has 3 N–H and O–H groups in total. The molecule has 30 heavy (non-hydrogen) atoms. The zero-order chi connectivity index (χ0) is 21.8. The highest BCUT2D eigenvalue weighted by Crippen LogP contribution is 2.28. The maximum Gasteiger partial charge on any atom is 0.243 e. The third-order valence-electron chi connectivity index (χ3n) is 5.69. The van der Waals surface area contributed by atoms with E-state index in [1.807, 2.05) is 45.0 Å². The van der Waals surface area contributed by atoms with Gasteiger partial charge in [0, 0.05) is 24.5 Å². The first kappa shape index (κ1) is 22.2. The first-order valence-corrected chi connectivity index (χ1v) is 10.7. The second kappa shape index (κ2) is 9.58. The van der Waals surface area contributed by atoms with E-state index in [1.165, 1.54) is 0 Å². The molecule has 2 amide bonds. The average molecular weight is 429 g/mol. The summed E-state index contributed by atoms with van der Waals surface area (Å²) in [4.78, 5) is 31.3. The standard InChI is InChI=1S/C23H29ClN4O2/c1-14(2)21(25)23(30)28-12-4-5-20(28)22(29)27-15(3)16-6-8-17(9-7-16)18-13-26-11-10-19(18)24/h6-11,13-15,20-21H,4-5,12,25H2,1-3H3,(H,27,29). The lowest BCUT2D eigenvalue weighted by molar-refractivity contribution is -0.140. The number of aromatic nitrogens is 1. The molecular formula is C23H29ClN4O2. The number of rotatable bonds is 6. The predicted octanol–water partition coefficient (Wildman–Crippen LogP) is 3.55. The molecule has 7 heteroatoms. The van der Waals surface area contributed by atoms with Crippen molar-refractivity contribution in [1.82, 2.24) is 15.2 Å². The van der Waals surface area contributed by atoms with Crippen LogP contribution in [0.3, 0.4) is 0 Å². The lowest BCUT2D eigenvalue weighted by atomic mass is 10.0. The van der Waals surface area contributed by atoms with Gasteiger partial charge in [-0.3, -0.25) is 14.6 Å². The molecule has 2 aromatic rings. The van der Waals surface area contributed by atoms with Crippen molar-refractivity contribution in [3.63, 3.8) is 0 Å². The van der Waals surface area contributed by atoms with Crippen LogP contribution in [-0.4, -0.2) is 40.3 Å². The van der Waals surface area contributed by atoms with Gasteiger partial charge in [-0.05, 0) is 42.9 Å². The molecule has 1 fully saturated rings. The number of nitrogens with zero attached hydrogens (tertiary/aromatic N) is 2. The average Bonchev–Trinajstić information content (AvgIpc) is 3.23. The van der Waals surface area contributed by atoms with E-state index in [4.69, 9.17) is 17.3 Å². The van der Waals surface area contributed by atoms with Gasteiger partial charge < -0.3 is 16.0 Å². The summed E-state index contributed by atoms with van der Waals surface area (Å²) in [5.41, 5.74) is 8.83. The minimum absolute atomic E-state index is 0.0348. The molecule has 2 heterocycles. The van der Waals surface area contributed by atoms with Crippen LogP contribution < -0.4 is 11.1 Å². The minimum Gasteiger partial charge on any atom is -0.348 e. The molecule has 3 rings (SSSR count). The van der Waals surface area contributed by atoms with Gasteiger partial charge in [-0.2, -0.15) is 0 Å². The Hall–Kier alpha value is -2.44. The molecule has 160 valence electrons. The summed E-state index contributed by atoms with van der Waals surface area (Å²) < 4.78 is 0. The van der Waals surface area contributed by atoms with Crippen molar-refractivity contribution in [1.29, 1.82) is 0 Å². The van der Waals surface area contributed by atoms with Crippen LogP contribution in [0.25, 0.3) is 11.1 Å². The lowest BCUT2D eigenvalue weighted by Gasteiger charge is -2.29. The highest BCUT2D eigenvalue weighted by Gasteiger charge is 2.37. The van der Waals surface area contributed by atoms with Crippen LogP contribution in [0.4, 0.5) is 0 Å². The van der Waals surface area contributed by atoms with Gasteiger partial charge in [-0.25, -0.2) is 0 Å². The third kappa shape index (κ3) is 4.82. The molecule has 0 saturated carbocycles. The van der Waals surface area contributed by atoms with Crippen molar-refractivity contribution in [3.05, 3.63) is 53.3 Å². The van der Waals surface area contributed by atoms with Gasteiger partial charge in [-0.1, -0.05) is 49.7 Å². The molecule has 0 aliphatic carbocycles. The Labute approximate surface area is 182 Å². The van der Waals surface area contributed by atoms with Gasteiger partial charge in [0.25, 0.3) is 0 Å². The number of likely N-dealkylation sites (tertiary alicyclic amines) is 1. The number of halogens is 1. The Morgan fingerprint density at radius 3 is 2.53 bits per heavy atom. The van der Waals surface area contributed by atoms with E-state index in [-0.39, 0.29) is 23.8 Å². The summed E-state index contributed by atoms with van der Waals surface area (Å²) in [6.07, 6.45) is 4.86. The molecule has 1 aromatic heterocycles. The summed E-state index contributed by atoms with van der Waals surface area (Å²) in [6.45, 7) is 6.34. The molecule has 6 nitrogen and oxygen atoms in total. The number of carbonyl (C=O) groups is 2. The molecule has 3 unspecified atom stereocenters. The molecule has 0 bridgehead atoms. The van der Waals surface area contributed by atoms with Crippen molar-refractivity contribution < 1.29 is 9.59 Å². The Kier molecular flexibility index (Phi) is 7.10. The molecule has 0 spiro atoms. The summed E-state index contributed by atoms with van der Waals surface area (Å²) in [7, 11) is 0. The molecule has 1 aliphatic heterocycles. The van der Waals surface area contributed by atoms with Crippen molar-refractivity contribution in [2.75, 3.05) is 6.54 Å². The normalized spacial score (nSPS) is 18.3. The highest BCUT2D eigenvalue weighted by molar-refractivity contribution is 6.33. The maximum absolute atomic E-state index is 12.9. The van der Waals surface area contributed by atoms with Crippen LogP contribution in [0.5, 0.6) is 0 Å². The summed E-state index contributed by atoms with van der Waals surface area (Å²) in [5, 5.41) is 3.69. The lowest BCUT2D eigenvalue weighted by Crippen LogP contribution is -2.52. The highest BCUT2D eigenvalue weighted by atomic mass is 35.5. The fourth-order valence-corrected chi connectivity index (χ4v) is 3.93. The van der Waals surface area contributed by atoms with Crippen LogP contribution in [0, 0.1) is 5.92 Å². The second-order valence-electron chi connectivity index (χ2n) is 8.17. The fourth-order valence-electron chi connectivity index (χ4n) is 3.71. The number of hydrogen-bond acceptors (Lipinski definition) is 4. The fraction of sp³-hybridized carbons (Fsp3) is 0.435. The minimum atomic E-state index is -0.581. The number of hydrogen-bond donors (Lipinski definition) is 2. The number of carbonyl (C=O) groups excluding carboxylic acids is 2. The van der Waals surface area contributed by atoms with E-state index >= 15 is 0 Å². The maximum atomic E-state index is 12.9. The van der Waals surface area contributed by atoms with Crippen LogP contribution in [0.2, 0.25) is 5.02 Å². The number of pyridine rings is 1. The topological polar surface area (TPSA) is 88.3 Å². The van der Waals surface area contributed by atoms with Crippen LogP contribution in [0.15, 0.2) is 42.7 Å². The number of amides is 2. The van der Waals surface area contributed by atoms with Gasteiger partial charge in [0.2, 0.25) is 11.8 Å². The molecule has 3 atom stereocenters. The second-order valence-corrected chi connectivity index (χ2v) is 8.57. The third-order valence-corrected chi connectivity index (χ3v) is 6.02. The van der Waals surface area contributed by atoms with Crippen molar-refractivity contribution in [2.45, 2.75) is 51.7 Å². The van der Waals surface area contributed by atoms with E-state index in [1.54, 1.807) is 23.4 Å². The first-order valence-electron chi connectivity index (χ1n) is 10.4. The van der Waals surface area contributed by atoms with Crippen molar-refractivity contribution in [3.8, 4) is 11.1 Å². The number of benzene rings is 1. The van der Waals surface area contributed by atoms with Gasteiger partial charge in [-0.15, -0.1) is 0 Å². The summed E-state index contributed by atoms with van der Waals surface area (Å²) >= 11 is 6.25. The largest absolute Gasteiger partial charge is 0.348 e. The molecule has 0 radical (unpaired) electrons. The van der Waals surface area contributed by atoms with E-state index < -0.39 is 12.1 Å². The first-order chi connectivity index (χ1) is 14.3. The Morgan fingerprint density at radius 1 is 1.20 bits per heavy atom. The van der Waals surface area contributed by atoms with Crippen molar-refractivity contribution in [2.24, 2.45) is 11.7 Å². The van der Waals surface area contributed by atoms with Crippen LogP contribution in [0.1, 0.15) is 45.2 Å². The molecule has 1 saturated heterocycles. The van der Waals surface area contributed by atoms with E-state index in [0.717, 1.165) is 23.1 Å². The number of nitrogens with two attached hydrogens (primary N) is 1. The van der Waals surface area contributed by atoms with Gasteiger partial charge in [0.1, 0.15) is 6.04 Å². The Morgan fingerprint density at radius 2 is 1.90 bits per heavy atom. The van der Waals surface area contributed by atoms with Gasteiger partial charge in [0.05, 0.1) is 17.1 Å². The molecular weight excluding hydrogens is 400 g/mol. The zero-order valence-electron chi connectivity index (χ0n) is 17.6. The van der Waals surface area contributed by atoms with E-state index in [2.05, 4.69) is 10.3 Å². The summed E-state index contributed by atoms with van der Waals surface area (Å²) in [5.74, 6) is -0.246. The smallest absolute Gasteiger partial charge is 0.243 e. The SMILES string of the molecule is CC(NC(=O)C1CCCN1C(=O)C(N)C(C)C)c1ccc(-c2cnccc2Cl)cc1. The monoisotopic (exact) mass is 428 g/mol. The van der Waals surface area contributed by atoms with Crippen LogP contribution in [-0.2, 0) is 9.59 Å². The molecule has 1 aromatic carbocycles. The van der Waals surface area contributed by atoms with Crippen molar-refractivity contribution >= 4 is 23.4 Å². The number of nitrogens with one attached hydrogen (secondary N) is 1. The predicted molar refractivity (Wildman–Crippen MR) is 119 cm³/mol.